The summed E-state index contributed by atoms with van der Waals surface area (Å²) in [5.74, 6) is 0.0113. The van der Waals surface area contributed by atoms with E-state index in [-0.39, 0.29) is 21.6 Å². The van der Waals surface area contributed by atoms with Gasteiger partial charge in [0.05, 0.1) is 35.9 Å². The zero-order valence-electron chi connectivity index (χ0n) is 28.6. The van der Waals surface area contributed by atoms with E-state index in [1.165, 1.54) is 12.4 Å². The molecule has 6 N–H and O–H groups in total. The monoisotopic (exact) mass is 723 g/mol. The average Bonchev–Trinajstić information content (AvgIpc) is 3.68. The summed E-state index contributed by atoms with van der Waals surface area (Å²) >= 11 is 1.99. The molecule has 0 saturated carbocycles. The maximum absolute atomic E-state index is 12.8. The number of nitrogens with two attached hydrogens (primary N) is 1. The van der Waals surface area contributed by atoms with Crippen molar-refractivity contribution in [3.05, 3.63) is 69.7 Å². The summed E-state index contributed by atoms with van der Waals surface area (Å²) in [6.45, 7) is 12.9. The molecule has 0 radical (unpaired) electrons. The number of aromatic nitrogens is 2. The van der Waals surface area contributed by atoms with Crippen molar-refractivity contribution in [2.24, 2.45) is 17.6 Å². The maximum Gasteiger partial charge on any atom is 0.325 e. The number of aryl methyl sites for hydroxylation is 2. The van der Waals surface area contributed by atoms with Gasteiger partial charge in [0.1, 0.15) is 11.5 Å². The number of urea groups is 2. The zero-order valence-corrected chi connectivity index (χ0v) is 30.3. The molecule has 0 spiro atoms. The highest BCUT2D eigenvalue weighted by molar-refractivity contribution is 7.16. The van der Waals surface area contributed by atoms with Crippen LogP contribution in [0.1, 0.15) is 54.7 Å². The summed E-state index contributed by atoms with van der Waals surface area (Å²) < 4.78 is 17.1. The lowest BCUT2D eigenvalue weighted by Gasteiger charge is -2.15. The van der Waals surface area contributed by atoms with Crippen molar-refractivity contribution in [3.63, 3.8) is 0 Å². The van der Waals surface area contributed by atoms with Crippen molar-refractivity contribution in [1.29, 1.82) is 0 Å². The highest BCUT2D eigenvalue weighted by Crippen LogP contribution is 2.30. The van der Waals surface area contributed by atoms with Crippen LogP contribution in [0.25, 0.3) is 0 Å². The van der Waals surface area contributed by atoms with Gasteiger partial charge in [0.15, 0.2) is 10.3 Å². The number of nitrogens with one attached hydrogen (secondary N) is 4. The number of carbonyl (C=O) groups is 4. The number of carbonyl (C=O) groups excluding carboxylic acids is 4. The predicted molar refractivity (Wildman–Crippen MR) is 194 cm³/mol. The van der Waals surface area contributed by atoms with Crippen molar-refractivity contribution in [2.45, 2.75) is 54.1 Å². The van der Waals surface area contributed by atoms with Crippen molar-refractivity contribution < 1.29 is 33.4 Å². The van der Waals surface area contributed by atoms with Crippen LogP contribution in [-0.2, 0) is 20.7 Å². The minimum Gasteiger partial charge on any atom is -0.491 e. The van der Waals surface area contributed by atoms with E-state index in [1.807, 2.05) is 65.8 Å². The molecule has 0 saturated heterocycles. The molecule has 14 nitrogen and oxygen atoms in total. The molecule has 4 aromatic rings. The van der Waals surface area contributed by atoms with Crippen LogP contribution in [-0.4, -0.2) is 47.1 Å². The topological polar surface area (TPSA) is 196 Å². The number of amides is 5. The third-order valence-corrected chi connectivity index (χ3v) is 8.39. The standard InChI is InChI=1S/C34H41N7O7S2/c1-18(2)16-46-25-11-20(5)7-9-23(25)38-31(44)40-33-36-14-22(49-33)13-28(42)48-29(30(35)43)27-15-37-34(50-27)41-32(45)39-24-10-8-21(6)12-26(24)47-17-19(3)4/h7-12,14-15,18-19,29H,13,16-17H2,1-6H3,(H2,35,43)(H2,36,38,40,44)(H2,37,39,41,45). The lowest BCUT2D eigenvalue weighted by molar-refractivity contribution is -0.154. The molecular formula is C34H41N7O7S2. The fourth-order valence-electron chi connectivity index (χ4n) is 4.20. The maximum atomic E-state index is 12.8. The SMILES string of the molecule is Cc1ccc(NC(=O)Nc2ncc(CC(=O)OC(C(N)=O)c3cnc(NC(=O)Nc4ccc(C)cc4OCC(C)C)s3)s2)c(OCC(C)C)c1. The van der Waals surface area contributed by atoms with Gasteiger partial charge in [0, 0.05) is 17.3 Å². The van der Waals surface area contributed by atoms with Gasteiger partial charge in [-0.15, -0.1) is 11.3 Å². The Morgan fingerprint density at radius 3 is 1.74 bits per heavy atom. The van der Waals surface area contributed by atoms with Gasteiger partial charge in [-0.3, -0.25) is 20.2 Å². The van der Waals surface area contributed by atoms with Gasteiger partial charge in [-0.25, -0.2) is 19.6 Å². The molecule has 1 unspecified atom stereocenters. The largest absolute Gasteiger partial charge is 0.491 e. The second-order valence-electron chi connectivity index (χ2n) is 12.2. The Morgan fingerprint density at radius 2 is 1.24 bits per heavy atom. The Labute approximate surface area is 298 Å². The van der Waals surface area contributed by atoms with Gasteiger partial charge in [-0.05, 0) is 61.1 Å². The van der Waals surface area contributed by atoms with Crippen LogP contribution in [0.4, 0.5) is 31.2 Å². The molecule has 1 atom stereocenters. The summed E-state index contributed by atoms with van der Waals surface area (Å²) in [5, 5.41) is 11.2. The number of esters is 1. The highest BCUT2D eigenvalue weighted by atomic mass is 32.1. The Hall–Kier alpha value is -5.22. The number of ether oxygens (including phenoxy) is 3. The van der Waals surface area contributed by atoms with E-state index in [4.69, 9.17) is 19.9 Å². The molecule has 5 amide bonds. The molecule has 0 bridgehead atoms. The Balaban J connectivity index is 1.31. The number of nitrogens with zero attached hydrogens (tertiary/aromatic N) is 2. The average molecular weight is 724 g/mol. The molecule has 2 aromatic carbocycles. The summed E-state index contributed by atoms with van der Waals surface area (Å²) in [6.07, 6.45) is 1.04. The van der Waals surface area contributed by atoms with Crippen LogP contribution in [0, 0.1) is 25.7 Å². The van der Waals surface area contributed by atoms with Crippen LogP contribution in [0.3, 0.4) is 0 Å². The number of primary amides is 1. The first-order chi connectivity index (χ1) is 23.7. The highest BCUT2D eigenvalue weighted by Gasteiger charge is 2.26. The third-order valence-electron chi connectivity index (χ3n) is 6.52. The number of rotatable bonds is 15. The molecule has 2 aromatic heterocycles. The number of benzene rings is 2. The molecule has 266 valence electrons. The van der Waals surface area contributed by atoms with Gasteiger partial charge < -0.3 is 30.6 Å². The van der Waals surface area contributed by atoms with Gasteiger partial charge in [-0.2, -0.15) is 0 Å². The quantitative estimate of drug-likeness (QED) is 0.0812. The van der Waals surface area contributed by atoms with Crippen LogP contribution in [0.15, 0.2) is 48.8 Å². The molecular weight excluding hydrogens is 683 g/mol. The van der Waals surface area contributed by atoms with E-state index < -0.39 is 30.0 Å². The van der Waals surface area contributed by atoms with Crippen LogP contribution in [0.2, 0.25) is 0 Å². The third kappa shape index (κ3) is 11.4. The van der Waals surface area contributed by atoms with Crippen LogP contribution >= 0.6 is 22.7 Å². The fraction of sp³-hybridized carbons (Fsp3) is 0.353. The lowest BCUT2D eigenvalue weighted by atomic mass is 10.2. The number of thiazole rings is 2. The summed E-state index contributed by atoms with van der Waals surface area (Å²) in [4.78, 5) is 59.5. The van der Waals surface area contributed by atoms with E-state index in [1.54, 1.807) is 12.1 Å². The van der Waals surface area contributed by atoms with Gasteiger partial charge >= 0.3 is 18.0 Å². The van der Waals surface area contributed by atoms with Crippen molar-refractivity contribution in [2.75, 3.05) is 34.5 Å². The van der Waals surface area contributed by atoms with Crippen molar-refractivity contribution in [1.82, 2.24) is 9.97 Å². The Kier molecular flexibility index (Phi) is 13.1. The lowest BCUT2D eigenvalue weighted by Crippen LogP contribution is -2.26. The van der Waals surface area contributed by atoms with Gasteiger partial charge in [-0.1, -0.05) is 51.2 Å². The first-order valence-corrected chi connectivity index (χ1v) is 17.4. The molecule has 16 heteroatoms. The van der Waals surface area contributed by atoms with E-state index in [0.29, 0.717) is 52.8 Å². The van der Waals surface area contributed by atoms with E-state index in [2.05, 4.69) is 31.2 Å². The second-order valence-corrected chi connectivity index (χ2v) is 14.4. The normalized spacial score (nSPS) is 11.5. The minimum absolute atomic E-state index is 0.150. The first kappa shape index (κ1) is 37.6. The minimum atomic E-state index is -1.44. The number of hydrogen-bond donors (Lipinski definition) is 5. The molecule has 2 heterocycles. The van der Waals surface area contributed by atoms with Crippen molar-refractivity contribution in [3.8, 4) is 11.5 Å². The molecule has 50 heavy (non-hydrogen) atoms. The predicted octanol–water partition coefficient (Wildman–Crippen LogP) is 6.89. The molecule has 0 aliphatic heterocycles. The van der Waals surface area contributed by atoms with Gasteiger partial charge in [0.2, 0.25) is 6.10 Å². The Bertz CT molecular complexity index is 1820. The van der Waals surface area contributed by atoms with Crippen LogP contribution in [0.5, 0.6) is 11.5 Å². The summed E-state index contributed by atoms with van der Waals surface area (Å²) in [6, 6.07) is 9.75. The van der Waals surface area contributed by atoms with E-state index >= 15 is 0 Å². The second kappa shape index (κ2) is 17.4. The van der Waals surface area contributed by atoms with Crippen molar-refractivity contribution >= 4 is 68.3 Å². The zero-order chi connectivity index (χ0) is 36.4. The fourth-order valence-corrected chi connectivity index (χ4v) is 5.85. The first-order valence-electron chi connectivity index (χ1n) is 15.8. The number of anilines is 4. The Morgan fingerprint density at radius 1 is 0.740 bits per heavy atom. The smallest absolute Gasteiger partial charge is 0.325 e. The van der Waals surface area contributed by atoms with Gasteiger partial charge in [0.25, 0.3) is 5.91 Å². The summed E-state index contributed by atoms with van der Waals surface area (Å²) in [5.41, 5.74) is 8.49. The molecule has 0 aliphatic rings. The molecule has 0 aliphatic carbocycles. The van der Waals surface area contributed by atoms with Crippen LogP contribution < -0.4 is 36.5 Å². The summed E-state index contributed by atoms with van der Waals surface area (Å²) in [7, 11) is 0. The molecule has 4 rings (SSSR count). The van der Waals surface area contributed by atoms with E-state index in [9.17, 15) is 19.2 Å². The number of hydrogen-bond acceptors (Lipinski definition) is 11. The molecule has 0 fully saturated rings. The van der Waals surface area contributed by atoms with E-state index in [0.717, 1.165) is 33.8 Å².